The highest BCUT2D eigenvalue weighted by molar-refractivity contribution is 7.47. The van der Waals surface area contributed by atoms with E-state index >= 15 is 0 Å². The first-order valence-corrected chi connectivity index (χ1v) is 19.4. The number of esters is 2. The lowest BCUT2D eigenvalue weighted by atomic mass is 10.1. The van der Waals surface area contributed by atoms with Crippen LogP contribution in [0.25, 0.3) is 0 Å². The van der Waals surface area contributed by atoms with Gasteiger partial charge in [-0.1, -0.05) is 109 Å². The maximum absolute atomic E-state index is 12.6. The Balaban J connectivity index is 4.49. The summed E-state index contributed by atoms with van der Waals surface area (Å²) in [5.74, 6) is -0.812. The zero-order valence-corrected chi connectivity index (χ0v) is 30.5. The molecule has 1 unspecified atom stereocenters. The number of nitrogens with zero attached hydrogens (tertiary/aromatic N) is 1. The van der Waals surface area contributed by atoms with Crippen LogP contribution in [0.2, 0.25) is 0 Å². The van der Waals surface area contributed by atoms with E-state index in [1.54, 1.807) is 0 Å². The van der Waals surface area contributed by atoms with Crippen LogP contribution >= 0.6 is 7.82 Å². The van der Waals surface area contributed by atoms with Crippen molar-refractivity contribution in [2.75, 3.05) is 47.5 Å². The number of carbonyl (C=O) groups is 2. The van der Waals surface area contributed by atoms with E-state index in [0.29, 0.717) is 23.9 Å². The van der Waals surface area contributed by atoms with Crippen molar-refractivity contribution in [2.24, 2.45) is 0 Å². The van der Waals surface area contributed by atoms with Crippen molar-refractivity contribution in [2.45, 2.75) is 155 Å². The monoisotopic (exact) mass is 662 g/mol. The smallest absolute Gasteiger partial charge is 0.462 e. The Kier molecular flexibility index (Phi) is 28.1. The molecular formula is C35H69NO8P+. The topological polar surface area (TPSA) is 108 Å². The molecule has 0 saturated heterocycles. The van der Waals surface area contributed by atoms with E-state index in [0.717, 1.165) is 51.4 Å². The van der Waals surface area contributed by atoms with Gasteiger partial charge in [0.2, 0.25) is 0 Å². The summed E-state index contributed by atoms with van der Waals surface area (Å²) in [5, 5.41) is 0. The number of hydrogen-bond acceptors (Lipinski definition) is 7. The minimum Gasteiger partial charge on any atom is -0.462 e. The fourth-order valence-electron chi connectivity index (χ4n) is 4.65. The van der Waals surface area contributed by atoms with Crippen molar-refractivity contribution in [3.63, 3.8) is 0 Å². The third-order valence-electron chi connectivity index (χ3n) is 7.55. The lowest BCUT2D eigenvalue weighted by molar-refractivity contribution is -0.870. The number of quaternary nitrogens is 1. The van der Waals surface area contributed by atoms with Crippen LogP contribution in [-0.2, 0) is 32.7 Å². The van der Waals surface area contributed by atoms with E-state index in [-0.39, 0.29) is 25.6 Å². The molecule has 45 heavy (non-hydrogen) atoms. The molecule has 0 radical (unpaired) electrons. The van der Waals surface area contributed by atoms with Gasteiger partial charge < -0.3 is 18.9 Å². The van der Waals surface area contributed by atoms with Gasteiger partial charge >= 0.3 is 19.8 Å². The number of phosphoric acid groups is 1. The SMILES string of the molecule is CCCCC/C=C\CCCCCCCC(=O)O[C@H](COC(=O)CCCCCCCCCCC)COP(=O)(O)OCC[N+](C)(C)C. The maximum Gasteiger partial charge on any atom is 0.472 e. The van der Waals surface area contributed by atoms with Crippen molar-refractivity contribution in [1.82, 2.24) is 0 Å². The highest BCUT2D eigenvalue weighted by Gasteiger charge is 2.27. The molecule has 10 heteroatoms. The minimum atomic E-state index is -4.36. The minimum absolute atomic E-state index is 0.0324. The second-order valence-corrected chi connectivity index (χ2v) is 14.7. The molecule has 0 aliphatic heterocycles. The average molecular weight is 663 g/mol. The van der Waals surface area contributed by atoms with E-state index < -0.39 is 26.5 Å². The molecule has 2 atom stereocenters. The number of likely N-dealkylation sites (N-methyl/N-ethyl adjacent to an activating group) is 1. The first kappa shape index (κ1) is 43.8. The summed E-state index contributed by atoms with van der Waals surface area (Å²) < 4.78 is 34.0. The lowest BCUT2D eigenvalue weighted by Crippen LogP contribution is -2.37. The van der Waals surface area contributed by atoms with Gasteiger partial charge in [-0.25, -0.2) is 4.57 Å². The van der Waals surface area contributed by atoms with Crippen molar-refractivity contribution in [3.05, 3.63) is 12.2 Å². The predicted octanol–water partition coefficient (Wildman–Crippen LogP) is 9.07. The van der Waals surface area contributed by atoms with E-state index in [4.69, 9.17) is 18.5 Å². The molecule has 0 fully saturated rings. The van der Waals surface area contributed by atoms with Gasteiger partial charge in [0.1, 0.15) is 19.8 Å². The Labute approximate surface area is 276 Å². The number of rotatable bonds is 32. The molecule has 0 saturated carbocycles. The zero-order chi connectivity index (χ0) is 33.7. The third-order valence-corrected chi connectivity index (χ3v) is 8.53. The van der Waals surface area contributed by atoms with Gasteiger partial charge in [0.15, 0.2) is 6.10 Å². The number of hydrogen-bond donors (Lipinski definition) is 1. The second-order valence-electron chi connectivity index (χ2n) is 13.3. The van der Waals surface area contributed by atoms with Crippen LogP contribution in [0.1, 0.15) is 149 Å². The van der Waals surface area contributed by atoms with Gasteiger partial charge in [0.05, 0.1) is 27.7 Å². The number of phosphoric ester groups is 1. The summed E-state index contributed by atoms with van der Waals surface area (Å²) in [7, 11) is 1.47. The van der Waals surface area contributed by atoms with Crippen LogP contribution in [0.5, 0.6) is 0 Å². The molecule has 266 valence electrons. The quantitative estimate of drug-likeness (QED) is 0.0250. The van der Waals surface area contributed by atoms with E-state index in [1.165, 1.54) is 64.2 Å². The van der Waals surface area contributed by atoms with Crippen LogP contribution in [0.3, 0.4) is 0 Å². The lowest BCUT2D eigenvalue weighted by Gasteiger charge is -2.24. The molecule has 0 heterocycles. The molecule has 0 aliphatic carbocycles. The summed E-state index contributed by atoms with van der Waals surface area (Å²) in [6.45, 7) is 4.34. The standard InChI is InChI=1S/C35H68NO8P/c1-6-8-10-12-14-16-17-18-20-22-24-26-28-35(38)44-33(32-43-45(39,40)42-30-29-36(3,4)5)31-41-34(37)27-25-23-21-19-15-13-11-9-7-2/h14,16,33H,6-13,15,17-32H2,1-5H3/p+1/b16-14-/t33-/m1/s1. The van der Waals surface area contributed by atoms with Crippen molar-refractivity contribution in [3.8, 4) is 0 Å². The van der Waals surface area contributed by atoms with Crippen LogP contribution < -0.4 is 0 Å². The molecule has 0 aromatic heterocycles. The Hall–Kier alpha value is -1.25. The summed E-state index contributed by atoms with van der Waals surface area (Å²) >= 11 is 0. The molecule has 0 aliphatic rings. The fraction of sp³-hybridized carbons (Fsp3) is 0.886. The fourth-order valence-corrected chi connectivity index (χ4v) is 5.39. The Morgan fingerprint density at radius 2 is 1.13 bits per heavy atom. The summed E-state index contributed by atoms with van der Waals surface area (Å²) in [4.78, 5) is 35.0. The molecule has 0 spiro atoms. The average Bonchev–Trinajstić information content (AvgIpc) is 2.97. The highest BCUT2D eigenvalue weighted by Crippen LogP contribution is 2.43. The Morgan fingerprint density at radius 1 is 0.667 bits per heavy atom. The number of unbranched alkanes of at least 4 members (excludes halogenated alkanes) is 16. The summed E-state index contributed by atoms with van der Waals surface area (Å²) in [6.07, 6.45) is 25.5. The van der Waals surface area contributed by atoms with Crippen LogP contribution in [0.15, 0.2) is 12.2 Å². The highest BCUT2D eigenvalue weighted by atomic mass is 31.2. The predicted molar refractivity (Wildman–Crippen MR) is 183 cm³/mol. The number of allylic oxidation sites excluding steroid dienone is 2. The molecule has 0 rings (SSSR count). The zero-order valence-electron chi connectivity index (χ0n) is 29.6. The second kappa shape index (κ2) is 28.9. The largest absolute Gasteiger partial charge is 0.472 e. The van der Waals surface area contributed by atoms with Crippen molar-refractivity contribution < 1.29 is 42.1 Å². The molecule has 9 nitrogen and oxygen atoms in total. The number of carbonyl (C=O) groups excluding carboxylic acids is 2. The van der Waals surface area contributed by atoms with E-state index in [1.807, 2.05) is 21.1 Å². The normalized spacial score (nSPS) is 14.0. The van der Waals surface area contributed by atoms with Gasteiger partial charge in [-0.3, -0.25) is 18.6 Å². The third kappa shape index (κ3) is 32.5. The molecule has 0 bridgehead atoms. The molecular weight excluding hydrogens is 593 g/mol. The van der Waals surface area contributed by atoms with Gasteiger partial charge in [-0.15, -0.1) is 0 Å². The maximum atomic E-state index is 12.6. The van der Waals surface area contributed by atoms with E-state index in [2.05, 4.69) is 26.0 Å². The first-order valence-electron chi connectivity index (χ1n) is 17.9. The number of ether oxygens (including phenoxy) is 2. The van der Waals surface area contributed by atoms with Gasteiger partial charge in [-0.05, 0) is 38.5 Å². The molecule has 0 aromatic rings. The van der Waals surface area contributed by atoms with Gasteiger partial charge in [-0.2, -0.15) is 0 Å². The van der Waals surface area contributed by atoms with Gasteiger partial charge in [0, 0.05) is 12.8 Å². The molecule has 0 aromatic carbocycles. The molecule has 0 amide bonds. The molecule has 1 N–H and O–H groups in total. The Morgan fingerprint density at radius 3 is 1.69 bits per heavy atom. The summed E-state index contributed by atoms with van der Waals surface area (Å²) in [5.41, 5.74) is 0. The van der Waals surface area contributed by atoms with Crippen LogP contribution in [-0.4, -0.2) is 74.9 Å². The van der Waals surface area contributed by atoms with Crippen LogP contribution in [0.4, 0.5) is 0 Å². The Bertz CT molecular complexity index is 799. The van der Waals surface area contributed by atoms with Gasteiger partial charge in [0.25, 0.3) is 0 Å². The first-order chi connectivity index (χ1) is 21.5. The summed E-state index contributed by atoms with van der Waals surface area (Å²) in [6, 6.07) is 0. The van der Waals surface area contributed by atoms with Crippen molar-refractivity contribution >= 4 is 19.8 Å². The van der Waals surface area contributed by atoms with E-state index in [9.17, 15) is 19.0 Å². The van der Waals surface area contributed by atoms with Crippen LogP contribution in [0, 0.1) is 0 Å². The van der Waals surface area contributed by atoms with Crippen molar-refractivity contribution in [1.29, 1.82) is 0 Å².